The molecule has 1 fully saturated rings. The van der Waals surface area contributed by atoms with Crippen molar-refractivity contribution in [2.24, 2.45) is 0 Å². The second kappa shape index (κ2) is 6.39. The predicted molar refractivity (Wildman–Crippen MR) is 77.2 cm³/mol. The van der Waals surface area contributed by atoms with E-state index in [-0.39, 0.29) is 24.4 Å². The largest absolute Gasteiger partial charge is 0.481 e. The van der Waals surface area contributed by atoms with E-state index >= 15 is 0 Å². The third-order valence-corrected chi connectivity index (χ3v) is 4.24. The van der Waals surface area contributed by atoms with Crippen molar-refractivity contribution in [2.75, 3.05) is 6.54 Å². The minimum atomic E-state index is -4.46. The van der Waals surface area contributed by atoms with Gasteiger partial charge in [-0.15, -0.1) is 0 Å². The van der Waals surface area contributed by atoms with Gasteiger partial charge in [-0.2, -0.15) is 13.2 Å². The van der Waals surface area contributed by atoms with Crippen molar-refractivity contribution in [3.8, 4) is 0 Å². The summed E-state index contributed by atoms with van der Waals surface area (Å²) in [6.07, 6.45) is -3.68. The van der Waals surface area contributed by atoms with Crippen molar-refractivity contribution in [2.45, 2.75) is 37.3 Å². The fourth-order valence-electron chi connectivity index (χ4n) is 2.38. The topological polar surface area (TPSA) is 66.4 Å². The number of benzene rings is 1. The molecular formula is C15H15ClF3NO3. The highest BCUT2D eigenvalue weighted by molar-refractivity contribution is 6.31. The molecule has 8 heteroatoms. The van der Waals surface area contributed by atoms with Gasteiger partial charge in [0.1, 0.15) is 0 Å². The van der Waals surface area contributed by atoms with Gasteiger partial charge in [0, 0.05) is 23.4 Å². The van der Waals surface area contributed by atoms with E-state index in [1.807, 2.05) is 0 Å². The molecule has 0 atom stereocenters. The van der Waals surface area contributed by atoms with E-state index in [9.17, 15) is 22.8 Å². The Balaban J connectivity index is 2.08. The molecule has 0 radical (unpaired) electrons. The lowest BCUT2D eigenvalue weighted by Gasteiger charge is -2.19. The van der Waals surface area contributed by atoms with Crippen LogP contribution in [0.5, 0.6) is 0 Å². The molecule has 1 aliphatic carbocycles. The zero-order valence-electron chi connectivity index (χ0n) is 12.0. The Kier molecular flexibility index (Phi) is 4.89. The van der Waals surface area contributed by atoms with Gasteiger partial charge in [-0.3, -0.25) is 9.59 Å². The summed E-state index contributed by atoms with van der Waals surface area (Å²) >= 11 is 6.03. The SMILES string of the molecule is O=C(O)CCC(=O)NCC1(c2cc(C(F)(F)F)ccc2Cl)CC1. The monoisotopic (exact) mass is 349 g/mol. The van der Waals surface area contributed by atoms with E-state index in [0.29, 0.717) is 18.4 Å². The maximum absolute atomic E-state index is 12.8. The van der Waals surface area contributed by atoms with Crippen LogP contribution in [0, 0.1) is 0 Å². The molecule has 1 amide bonds. The van der Waals surface area contributed by atoms with Crippen LogP contribution in [-0.4, -0.2) is 23.5 Å². The summed E-state index contributed by atoms with van der Waals surface area (Å²) in [5.41, 5.74) is -1.01. The van der Waals surface area contributed by atoms with Gasteiger partial charge in [0.25, 0.3) is 0 Å². The number of alkyl halides is 3. The summed E-state index contributed by atoms with van der Waals surface area (Å²) in [5, 5.41) is 11.3. The number of rotatable bonds is 6. The Morgan fingerprint density at radius 1 is 1.26 bits per heavy atom. The van der Waals surface area contributed by atoms with Crippen molar-refractivity contribution in [1.29, 1.82) is 0 Å². The second-order valence-corrected chi connectivity index (χ2v) is 6.05. The molecule has 2 N–H and O–H groups in total. The van der Waals surface area contributed by atoms with E-state index in [1.54, 1.807) is 0 Å². The summed E-state index contributed by atoms with van der Waals surface area (Å²) in [7, 11) is 0. The van der Waals surface area contributed by atoms with Crippen molar-refractivity contribution in [3.05, 3.63) is 34.3 Å². The smallest absolute Gasteiger partial charge is 0.416 e. The Bertz CT molecular complexity index is 627. The van der Waals surface area contributed by atoms with Crippen molar-refractivity contribution >= 4 is 23.5 Å². The van der Waals surface area contributed by atoms with Gasteiger partial charge < -0.3 is 10.4 Å². The van der Waals surface area contributed by atoms with Gasteiger partial charge in [-0.25, -0.2) is 0 Å². The molecular weight excluding hydrogens is 335 g/mol. The second-order valence-electron chi connectivity index (χ2n) is 5.64. The lowest BCUT2D eigenvalue weighted by Crippen LogP contribution is -2.32. The average Bonchev–Trinajstić information content (AvgIpc) is 3.23. The van der Waals surface area contributed by atoms with Crippen LogP contribution in [0.4, 0.5) is 13.2 Å². The summed E-state index contributed by atoms with van der Waals surface area (Å²) in [6.45, 7) is 0.145. The summed E-state index contributed by atoms with van der Waals surface area (Å²) in [4.78, 5) is 22.0. The third-order valence-electron chi connectivity index (χ3n) is 3.91. The molecule has 0 spiro atoms. The lowest BCUT2D eigenvalue weighted by atomic mass is 9.93. The van der Waals surface area contributed by atoms with Crippen LogP contribution in [0.3, 0.4) is 0 Å². The maximum atomic E-state index is 12.8. The number of nitrogens with one attached hydrogen (secondary N) is 1. The highest BCUT2D eigenvalue weighted by atomic mass is 35.5. The lowest BCUT2D eigenvalue weighted by molar-refractivity contribution is -0.139. The van der Waals surface area contributed by atoms with Gasteiger partial charge in [-0.1, -0.05) is 11.6 Å². The normalized spacial score (nSPS) is 16.0. The highest BCUT2D eigenvalue weighted by Gasteiger charge is 2.46. The Hall–Kier alpha value is -1.76. The van der Waals surface area contributed by atoms with Gasteiger partial charge in [0.15, 0.2) is 0 Å². The Labute approximate surface area is 135 Å². The van der Waals surface area contributed by atoms with E-state index < -0.39 is 29.0 Å². The van der Waals surface area contributed by atoms with Crippen LogP contribution in [0.2, 0.25) is 5.02 Å². The molecule has 1 saturated carbocycles. The molecule has 1 aromatic rings. The minimum Gasteiger partial charge on any atom is -0.481 e. The third kappa shape index (κ3) is 4.37. The predicted octanol–water partition coefficient (Wildman–Crippen LogP) is 3.37. The molecule has 0 aromatic heterocycles. The fraction of sp³-hybridized carbons (Fsp3) is 0.467. The number of carbonyl (C=O) groups excluding carboxylic acids is 1. The van der Waals surface area contributed by atoms with Gasteiger partial charge in [0.05, 0.1) is 12.0 Å². The molecule has 1 aromatic carbocycles. The maximum Gasteiger partial charge on any atom is 0.416 e. The van der Waals surface area contributed by atoms with Crippen LogP contribution in [0.1, 0.15) is 36.8 Å². The van der Waals surface area contributed by atoms with E-state index in [2.05, 4.69) is 5.32 Å². The van der Waals surface area contributed by atoms with E-state index in [4.69, 9.17) is 16.7 Å². The molecule has 1 aliphatic rings. The van der Waals surface area contributed by atoms with Crippen LogP contribution in [0.15, 0.2) is 18.2 Å². The molecule has 126 valence electrons. The number of amides is 1. The first-order valence-corrected chi connectivity index (χ1v) is 7.38. The number of carbonyl (C=O) groups is 2. The number of carboxylic acid groups (broad SMARTS) is 1. The van der Waals surface area contributed by atoms with Crippen LogP contribution < -0.4 is 5.32 Å². The zero-order valence-corrected chi connectivity index (χ0v) is 12.8. The van der Waals surface area contributed by atoms with Crippen LogP contribution in [0.25, 0.3) is 0 Å². The summed E-state index contributed by atoms with van der Waals surface area (Å²) < 4.78 is 38.5. The number of aliphatic carboxylic acids is 1. The Morgan fingerprint density at radius 3 is 2.43 bits per heavy atom. The number of carboxylic acids is 1. The Morgan fingerprint density at radius 2 is 1.91 bits per heavy atom. The molecule has 0 heterocycles. The van der Waals surface area contributed by atoms with Crippen molar-refractivity contribution in [1.82, 2.24) is 5.32 Å². The van der Waals surface area contributed by atoms with Crippen LogP contribution >= 0.6 is 11.6 Å². The molecule has 0 bridgehead atoms. The molecule has 2 rings (SSSR count). The highest BCUT2D eigenvalue weighted by Crippen LogP contribution is 2.51. The molecule has 4 nitrogen and oxygen atoms in total. The zero-order chi connectivity index (χ0) is 17.3. The first-order chi connectivity index (χ1) is 10.6. The molecule has 0 saturated heterocycles. The standard InChI is InChI=1S/C15H15ClF3NO3/c16-11-2-1-9(15(17,18)19)7-10(11)14(5-6-14)8-20-12(21)3-4-13(22)23/h1-2,7H,3-6,8H2,(H,20,21)(H,22,23). The first-order valence-electron chi connectivity index (χ1n) is 7.00. The molecule has 23 heavy (non-hydrogen) atoms. The van der Waals surface area contributed by atoms with Crippen LogP contribution in [-0.2, 0) is 21.2 Å². The summed E-state index contributed by atoms with van der Waals surface area (Å²) in [5.74, 6) is -1.52. The summed E-state index contributed by atoms with van der Waals surface area (Å²) in [6, 6.07) is 3.16. The quantitative estimate of drug-likeness (QED) is 0.827. The molecule has 0 aliphatic heterocycles. The number of hydrogen-bond donors (Lipinski definition) is 2. The van der Waals surface area contributed by atoms with E-state index in [0.717, 1.165) is 12.1 Å². The van der Waals surface area contributed by atoms with E-state index in [1.165, 1.54) is 6.07 Å². The van der Waals surface area contributed by atoms with Crippen molar-refractivity contribution < 1.29 is 27.9 Å². The number of hydrogen-bond acceptors (Lipinski definition) is 2. The van der Waals surface area contributed by atoms with Gasteiger partial charge in [-0.05, 0) is 36.6 Å². The minimum absolute atomic E-state index is 0.145. The first kappa shape index (κ1) is 17.6. The van der Waals surface area contributed by atoms with Gasteiger partial charge >= 0.3 is 12.1 Å². The average molecular weight is 350 g/mol. The fourth-order valence-corrected chi connectivity index (χ4v) is 2.69. The molecule has 0 unspecified atom stereocenters. The van der Waals surface area contributed by atoms with Crippen molar-refractivity contribution in [3.63, 3.8) is 0 Å². The van der Waals surface area contributed by atoms with Gasteiger partial charge in [0.2, 0.25) is 5.91 Å². The number of halogens is 4.